The zero-order valence-electron chi connectivity index (χ0n) is 14.3. The van der Waals surface area contributed by atoms with Crippen LogP contribution in [0, 0.1) is 6.92 Å². The third-order valence-corrected chi connectivity index (χ3v) is 4.54. The molecule has 1 aliphatic carbocycles. The van der Waals surface area contributed by atoms with Crippen LogP contribution in [0.15, 0.2) is 59.2 Å². The van der Waals surface area contributed by atoms with E-state index in [4.69, 9.17) is 4.74 Å². The van der Waals surface area contributed by atoms with Crippen molar-refractivity contribution in [2.75, 3.05) is 4.72 Å². The standard InChI is InChI=1S/C20H19NO3S/c1-12(2)24-18-11-17(22)15-5-4-6-16(19(15)20(18)23)21-25-14-9-7-13(3)8-10-14/h4-12,21H,1-3H3. The molecule has 0 saturated carbocycles. The summed E-state index contributed by atoms with van der Waals surface area (Å²) in [4.78, 5) is 26.1. The first-order valence-electron chi connectivity index (χ1n) is 8.05. The Bertz CT molecular complexity index is 854. The monoisotopic (exact) mass is 353 g/mol. The number of rotatable bonds is 5. The second-order valence-electron chi connectivity index (χ2n) is 6.11. The molecule has 0 aliphatic heterocycles. The number of aryl methyl sites for hydroxylation is 1. The maximum absolute atomic E-state index is 12.8. The number of anilines is 1. The first-order valence-corrected chi connectivity index (χ1v) is 8.87. The lowest BCUT2D eigenvalue weighted by atomic mass is 9.92. The number of nitrogens with one attached hydrogen (secondary N) is 1. The zero-order valence-corrected chi connectivity index (χ0v) is 15.1. The summed E-state index contributed by atoms with van der Waals surface area (Å²) in [7, 11) is 0. The van der Waals surface area contributed by atoms with Crippen LogP contribution in [0.3, 0.4) is 0 Å². The van der Waals surface area contributed by atoms with Gasteiger partial charge in [-0.2, -0.15) is 0 Å². The molecular formula is C20H19NO3S. The van der Waals surface area contributed by atoms with Crippen LogP contribution >= 0.6 is 11.9 Å². The smallest absolute Gasteiger partial charge is 0.230 e. The Morgan fingerprint density at radius 2 is 1.76 bits per heavy atom. The van der Waals surface area contributed by atoms with Gasteiger partial charge in [-0.1, -0.05) is 29.8 Å². The number of carbonyl (C=O) groups excluding carboxylic acids is 2. The van der Waals surface area contributed by atoms with Crippen LogP contribution < -0.4 is 4.72 Å². The molecule has 2 aromatic carbocycles. The highest BCUT2D eigenvalue weighted by atomic mass is 32.2. The van der Waals surface area contributed by atoms with Crippen LogP contribution in [0.2, 0.25) is 0 Å². The molecule has 0 fully saturated rings. The normalized spacial score (nSPS) is 13.5. The lowest BCUT2D eigenvalue weighted by Crippen LogP contribution is -2.21. The van der Waals surface area contributed by atoms with Gasteiger partial charge in [0.05, 0.1) is 17.4 Å². The number of fused-ring (bicyclic) bond motifs is 1. The Morgan fingerprint density at radius 1 is 1.04 bits per heavy atom. The van der Waals surface area contributed by atoms with E-state index < -0.39 is 0 Å². The van der Waals surface area contributed by atoms with Crippen molar-refractivity contribution in [1.29, 1.82) is 0 Å². The average molecular weight is 353 g/mol. The summed E-state index contributed by atoms with van der Waals surface area (Å²) >= 11 is 1.40. The van der Waals surface area contributed by atoms with Crippen molar-refractivity contribution in [3.05, 3.63) is 71.0 Å². The van der Waals surface area contributed by atoms with Crippen LogP contribution in [0.4, 0.5) is 5.69 Å². The Morgan fingerprint density at radius 3 is 2.44 bits per heavy atom. The van der Waals surface area contributed by atoms with Gasteiger partial charge in [0.2, 0.25) is 5.78 Å². The molecule has 0 atom stereocenters. The van der Waals surface area contributed by atoms with E-state index in [2.05, 4.69) is 4.72 Å². The third kappa shape index (κ3) is 3.77. The number of hydrogen-bond acceptors (Lipinski definition) is 5. The summed E-state index contributed by atoms with van der Waals surface area (Å²) in [5, 5.41) is 0. The molecule has 0 saturated heterocycles. The Hall–Kier alpha value is -2.53. The second kappa shape index (κ2) is 7.15. The highest BCUT2D eigenvalue weighted by molar-refractivity contribution is 8.00. The molecule has 1 N–H and O–H groups in total. The number of hydrogen-bond donors (Lipinski definition) is 1. The quantitative estimate of drug-likeness (QED) is 0.782. The van der Waals surface area contributed by atoms with E-state index >= 15 is 0 Å². The van der Waals surface area contributed by atoms with Gasteiger partial charge in [0.15, 0.2) is 11.5 Å². The van der Waals surface area contributed by atoms with Crippen LogP contribution in [0.25, 0.3) is 0 Å². The van der Waals surface area contributed by atoms with Gasteiger partial charge in [0.25, 0.3) is 0 Å². The van der Waals surface area contributed by atoms with E-state index in [9.17, 15) is 9.59 Å². The van der Waals surface area contributed by atoms with Crippen LogP contribution in [0.5, 0.6) is 0 Å². The van der Waals surface area contributed by atoms with Crippen molar-refractivity contribution in [2.24, 2.45) is 0 Å². The van der Waals surface area contributed by atoms with Gasteiger partial charge >= 0.3 is 0 Å². The number of ether oxygens (including phenoxy) is 1. The third-order valence-electron chi connectivity index (χ3n) is 3.71. The lowest BCUT2D eigenvalue weighted by Gasteiger charge is -2.20. The largest absolute Gasteiger partial charge is 0.487 e. The first kappa shape index (κ1) is 17.3. The van der Waals surface area contributed by atoms with Gasteiger partial charge < -0.3 is 9.46 Å². The average Bonchev–Trinajstić information content (AvgIpc) is 2.58. The molecule has 2 aromatic rings. The molecule has 0 amide bonds. The Kier molecular flexibility index (Phi) is 4.95. The van der Waals surface area contributed by atoms with Crippen molar-refractivity contribution in [3.8, 4) is 0 Å². The minimum absolute atomic E-state index is 0.0992. The summed E-state index contributed by atoms with van der Waals surface area (Å²) < 4.78 is 8.71. The molecule has 0 aromatic heterocycles. The van der Waals surface area contributed by atoms with Gasteiger partial charge in [-0.05, 0) is 50.9 Å². The van der Waals surface area contributed by atoms with Crippen molar-refractivity contribution >= 4 is 29.2 Å². The number of carbonyl (C=O) groups is 2. The molecule has 4 nitrogen and oxygen atoms in total. The number of benzene rings is 2. The summed E-state index contributed by atoms with van der Waals surface area (Å²) in [5.41, 5.74) is 2.56. The number of ketones is 2. The molecule has 0 radical (unpaired) electrons. The van der Waals surface area contributed by atoms with Crippen LogP contribution in [0.1, 0.15) is 40.1 Å². The van der Waals surface area contributed by atoms with E-state index in [0.29, 0.717) is 16.8 Å². The fraction of sp³-hybridized carbons (Fsp3) is 0.200. The Labute approximate surface area is 151 Å². The van der Waals surface area contributed by atoms with Crippen LogP contribution in [-0.2, 0) is 4.74 Å². The second-order valence-corrected chi connectivity index (χ2v) is 6.99. The fourth-order valence-electron chi connectivity index (χ4n) is 2.53. The van der Waals surface area contributed by atoms with E-state index in [-0.39, 0.29) is 23.4 Å². The highest BCUT2D eigenvalue weighted by Crippen LogP contribution is 2.31. The van der Waals surface area contributed by atoms with Crippen molar-refractivity contribution in [3.63, 3.8) is 0 Å². The zero-order chi connectivity index (χ0) is 18.0. The molecule has 0 spiro atoms. The molecule has 0 unspecified atom stereocenters. The summed E-state index contributed by atoms with van der Waals surface area (Å²) in [6.07, 6.45) is 1.10. The summed E-state index contributed by atoms with van der Waals surface area (Å²) in [6, 6.07) is 13.3. The maximum Gasteiger partial charge on any atom is 0.230 e. The molecule has 0 bridgehead atoms. The molecule has 1 aliphatic rings. The highest BCUT2D eigenvalue weighted by Gasteiger charge is 2.29. The molecule has 128 valence electrons. The SMILES string of the molecule is Cc1ccc(SNc2cccc3c2C(=O)C(OC(C)C)=CC3=O)cc1. The minimum Gasteiger partial charge on any atom is -0.487 e. The van der Waals surface area contributed by atoms with E-state index in [1.807, 2.05) is 45.0 Å². The minimum atomic E-state index is -0.268. The molecule has 3 rings (SSSR count). The fourth-order valence-corrected chi connectivity index (χ4v) is 3.20. The number of allylic oxidation sites excluding steroid dienone is 2. The predicted octanol–water partition coefficient (Wildman–Crippen LogP) is 4.80. The van der Waals surface area contributed by atoms with Crippen molar-refractivity contribution < 1.29 is 14.3 Å². The molecule has 5 heteroatoms. The summed E-state index contributed by atoms with van der Waals surface area (Å²) in [6.45, 7) is 5.68. The molecular weight excluding hydrogens is 334 g/mol. The van der Waals surface area contributed by atoms with Gasteiger partial charge in [-0.3, -0.25) is 9.59 Å². The molecule has 25 heavy (non-hydrogen) atoms. The number of Topliss-reactive ketones (excluding diaryl/α,β-unsaturated/α-hetero) is 1. The topological polar surface area (TPSA) is 55.4 Å². The van der Waals surface area contributed by atoms with Gasteiger partial charge in [0, 0.05) is 16.5 Å². The molecule has 0 heterocycles. The Balaban J connectivity index is 1.89. The predicted molar refractivity (Wildman–Crippen MR) is 100 cm³/mol. The lowest BCUT2D eigenvalue weighted by molar-refractivity contribution is 0.0812. The maximum atomic E-state index is 12.8. The summed E-state index contributed by atoms with van der Waals surface area (Å²) in [5.74, 6) is -0.382. The van der Waals surface area contributed by atoms with E-state index in [0.717, 1.165) is 4.90 Å². The van der Waals surface area contributed by atoms with Gasteiger partial charge in [-0.25, -0.2) is 0 Å². The van der Waals surface area contributed by atoms with Crippen molar-refractivity contribution in [2.45, 2.75) is 31.8 Å². The van der Waals surface area contributed by atoms with Gasteiger partial charge in [-0.15, -0.1) is 0 Å². The van der Waals surface area contributed by atoms with Crippen molar-refractivity contribution in [1.82, 2.24) is 0 Å². The first-order chi connectivity index (χ1) is 12.0. The van der Waals surface area contributed by atoms with E-state index in [1.165, 1.54) is 23.6 Å². The van der Waals surface area contributed by atoms with Gasteiger partial charge in [0.1, 0.15) is 0 Å². The van der Waals surface area contributed by atoms with E-state index in [1.54, 1.807) is 18.2 Å². The van der Waals surface area contributed by atoms with Crippen LogP contribution in [-0.4, -0.2) is 17.7 Å².